The molecule has 0 aromatic heterocycles. The maximum absolute atomic E-state index is 12.3. The number of hydrogen-bond donors (Lipinski definition) is 0. The first-order chi connectivity index (χ1) is 18.1. The van der Waals surface area contributed by atoms with Crippen LogP contribution < -0.4 is 0 Å². The van der Waals surface area contributed by atoms with Crippen molar-refractivity contribution in [1.29, 1.82) is 0 Å². The normalized spacial score (nSPS) is 47.0. The van der Waals surface area contributed by atoms with Crippen molar-refractivity contribution in [3.05, 3.63) is 0 Å². The van der Waals surface area contributed by atoms with Crippen molar-refractivity contribution in [2.24, 2.45) is 50.7 Å². The van der Waals surface area contributed by atoms with Crippen molar-refractivity contribution in [1.82, 2.24) is 0 Å². The molecule has 4 aliphatic carbocycles. The summed E-state index contributed by atoms with van der Waals surface area (Å²) in [5.41, 5.74) is 0.930. The van der Waals surface area contributed by atoms with Gasteiger partial charge in [-0.25, -0.2) is 0 Å². The second-order valence-corrected chi connectivity index (χ2v) is 16.3. The van der Waals surface area contributed by atoms with Gasteiger partial charge in [0.15, 0.2) is 0 Å². The van der Waals surface area contributed by atoms with Crippen LogP contribution in [0.2, 0.25) is 0 Å². The van der Waals surface area contributed by atoms with Crippen molar-refractivity contribution in [3.8, 4) is 0 Å². The minimum atomic E-state index is -0.208. The predicted molar refractivity (Wildman–Crippen MR) is 153 cm³/mol. The number of fused-ring (bicyclic) bond motifs is 3. The number of rotatable bonds is 6. The van der Waals surface area contributed by atoms with Gasteiger partial charge in [-0.05, 0) is 110 Å². The van der Waals surface area contributed by atoms with E-state index in [0.29, 0.717) is 29.3 Å². The lowest BCUT2D eigenvalue weighted by molar-refractivity contribution is -0.241. The van der Waals surface area contributed by atoms with Crippen LogP contribution in [0, 0.1) is 50.7 Å². The summed E-state index contributed by atoms with van der Waals surface area (Å²) < 4.78 is 18.6. The van der Waals surface area contributed by atoms with Crippen LogP contribution in [-0.4, -0.2) is 36.9 Å². The molecule has 222 valence electrons. The summed E-state index contributed by atoms with van der Waals surface area (Å²) in [5, 5.41) is 0. The molecule has 10 atom stereocenters. The van der Waals surface area contributed by atoms with Gasteiger partial charge >= 0.3 is 11.9 Å². The first kappa shape index (κ1) is 29.4. The van der Waals surface area contributed by atoms with E-state index < -0.39 is 0 Å². The van der Waals surface area contributed by atoms with Crippen LogP contribution in [0.3, 0.4) is 0 Å². The van der Waals surface area contributed by atoms with Crippen LogP contribution in [0.25, 0.3) is 0 Å². The second kappa shape index (κ2) is 9.73. The average Bonchev–Trinajstić information content (AvgIpc) is 3.17. The number of ether oxygens (including phenoxy) is 3. The molecule has 4 saturated carbocycles. The van der Waals surface area contributed by atoms with Crippen molar-refractivity contribution >= 4 is 11.9 Å². The number of carbonyl (C=O) groups excluding carboxylic acids is 2. The molecule has 0 amide bonds. The highest BCUT2D eigenvalue weighted by molar-refractivity contribution is 5.66. The molecule has 5 fully saturated rings. The number of esters is 2. The smallest absolute Gasteiger partial charge is 0.302 e. The van der Waals surface area contributed by atoms with Gasteiger partial charge in [0.05, 0.1) is 12.7 Å². The Morgan fingerprint density at radius 2 is 1.56 bits per heavy atom. The third-order valence-corrected chi connectivity index (χ3v) is 13.6. The lowest BCUT2D eigenvalue weighted by atomic mass is 9.34. The second-order valence-electron chi connectivity index (χ2n) is 16.3. The molecule has 39 heavy (non-hydrogen) atoms. The molecule has 1 heterocycles. The Labute approximate surface area is 237 Å². The van der Waals surface area contributed by atoms with Crippen molar-refractivity contribution < 1.29 is 23.8 Å². The topological polar surface area (TPSA) is 61.8 Å². The zero-order chi connectivity index (χ0) is 28.6. The molecule has 5 heteroatoms. The van der Waals surface area contributed by atoms with Crippen LogP contribution >= 0.6 is 0 Å². The van der Waals surface area contributed by atoms with Gasteiger partial charge in [-0.3, -0.25) is 9.59 Å². The largest absolute Gasteiger partial charge is 0.462 e. The first-order valence-corrected chi connectivity index (χ1v) is 16.1. The van der Waals surface area contributed by atoms with E-state index in [0.717, 1.165) is 32.3 Å². The third kappa shape index (κ3) is 4.41. The van der Waals surface area contributed by atoms with Crippen LogP contribution in [-0.2, 0) is 23.8 Å². The quantitative estimate of drug-likeness (QED) is 0.320. The standard InChI is InChI=1S/C34H56O5/c1-21(2)25(38-22(3)35)12-14-31(7)26-11-10-24-28-29-30(5,6)16-18-34(28,20-37-29)19-17-32(24,8)33(26,9)15-13-27(31)39-23(4)36/h21,24-29H,10-20H2,1-9H3/t24-,25?,26-,27-,28-,29-,31-,32-,33-,34-/m1/s1. The Bertz CT molecular complexity index is 973. The van der Waals surface area contributed by atoms with Crippen LogP contribution in [0.4, 0.5) is 0 Å². The zero-order valence-corrected chi connectivity index (χ0v) is 26.4. The molecule has 5 nitrogen and oxygen atoms in total. The lowest BCUT2D eigenvalue weighted by Crippen LogP contribution is -2.66. The Morgan fingerprint density at radius 1 is 0.872 bits per heavy atom. The van der Waals surface area contributed by atoms with Crippen molar-refractivity contribution in [2.75, 3.05) is 6.61 Å². The Balaban J connectivity index is 1.48. The van der Waals surface area contributed by atoms with E-state index in [1.165, 1.54) is 45.4 Å². The van der Waals surface area contributed by atoms with Gasteiger partial charge in [-0.2, -0.15) is 0 Å². The molecule has 1 unspecified atom stereocenters. The summed E-state index contributed by atoms with van der Waals surface area (Å²) in [4.78, 5) is 24.2. The molecule has 5 aliphatic rings. The minimum Gasteiger partial charge on any atom is -0.462 e. The highest BCUT2D eigenvalue weighted by Crippen LogP contribution is 2.76. The van der Waals surface area contributed by atoms with Crippen molar-refractivity contribution in [2.45, 2.75) is 145 Å². The van der Waals surface area contributed by atoms with Gasteiger partial charge in [0.1, 0.15) is 12.2 Å². The zero-order valence-electron chi connectivity index (χ0n) is 26.4. The maximum Gasteiger partial charge on any atom is 0.302 e. The fraction of sp³-hybridized carbons (Fsp3) is 0.941. The number of hydrogen-bond acceptors (Lipinski definition) is 5. The third-order valence-electron chi connectivity index (χ3n) is 13.6. The van der Waals surface area contributed by atoms with E-state index >= 15 is 0 Å². The monoisotopic (exact) mass is 544 g/mol. The average molecular weight is 545 g/mol. The fourth-order valence-electron chi connectivity index (χ4n) is 11.2. The molecule has 5 rings (SSSR count). The van der Waals surface area contributed by atoms with Crippen LogP contribution in [0.1, 0.15) is 127 Å². The Kier molecular flexibility index (Phi) is 7.34. The molecule has 1 saturated heterocycles. The molecule has 0 aromatic carbocycles. The summed E-state index contributed by atoms with van der Waals surface area (Å²) in [6, 6.07) is 0. The van der Waals surface area contributed by atoms with E-state index in [9.17, 15) is 9.59 Å². The highest BCUT2D eigenvalue weighted by atomic mass is 16.5. The molecule has 1 aliphatic heterocycles. The molecule has 0 aromatic rings. The van der Waals surface area contributed by atoms with Gasteiger partial charge in [-0.15, -0.1) is 0 Å². The van der Waals surface area contributed by atoms with E-state index in [1.54, 1.807) is 6.92 Å². The summed E-state index contributed by atoms with van der Waals surface area (Å²) >= 11 is 0. The van der Waals surface area contributed by atoms with Gasteiger partial charge in [-0.1, -0.05) is 48.5 Å². The fourth-order valence-corrected chi connectivity index (χ4v) is 11.2. The first-order valence-electron chi connectivity index (χ1n) is 16.1. The van der Waals surface area contributed by atoms with E-state index in [1.807, 2.05) is 0 Å². The van der Waals surface area contributed by atoms with E-state index in [2.05, 4.69) is 48.5 Å². The van der Waals surface area contributed by atoms with Crippen LogP contribution in [0.5, 0.6) is 0 Å². The van der Waals surface area contributed by atoms with Crippen molar-refractivity contribution in [3.63, 3.8) is 0 Å². The van der Waals surface area contributed by atoms with Gasteiger partial charge in [0, 0.05) is 19.3 Å². The number of carbonyl (C=O) groups is 2. The Hall–Kier alpha value is -1.10. The molecule has 0 radical (unpaired) electrons. The van der Waals surface area contributed by atoms with E-state index in [4.69, 9.17) is 14.2 Å². The Morgan fingerprint density at radius 3 is 2.21 bits per heavy atom. The molecule has 0 N–H and O–H groups in total. The van der Waals surface area contributed by atoms with Gasteiger partial charge < -0.3 is 14.2 Å². The molecular formula is C34H56O5. The molecule has 0 spiro atoms. The highest BCUT2D eigenvalue weighted by Gasteiger charge is 2.71. The summed E-state index contributed by atoms with van der Waals surface area (Å²) in [6.45, 7) is 20.8. The lowest BCUT2D eigenvalue weighted by Gasteiger charge is -2.71. The summed E-state index contributed by atoms with van der Waals surface area (Å²) in [5.74, 6) is 1.71. The molecule has 2 bridgehead atoms. The van der Waals surface area contributed by atoms with Crippen LogP contribution in [0.15, 0.2) is 0 Å². The summed E-state index contributed by atoms with van der Waals surface area (Å²) in [6.07, 6.45) is 11.6. The van der Waals surface area contributed by atoms with Gasteiger partial charge in [0.25, 0.3) is 0 Å². The summed E-state index contributed by atoms with van der Waals surface area (Å²) in [7, 11) is 0. The molecular weight excluding hydrogens is 488 g/mol. The van der Waals surface area contributed by atoms with E-state index in [-0.39, 0.29) is 51.7 Å². The van der Waals surface area contributed by atoms with Gasteiger partial charge in [0.2, 0.25) is 0 Å². The SMILES string of the molecule is CC(=O)OC(CC[C@]1(C)[C@H]2CC[C@@H]3[C@@H]4[C@H]5OC[C@@]4(CCC5(C)C)CC[C@@]3(C)[C@]2(C)CC[C@H]1OC(C)=O)C(C)C. The minimum absolute atomic E-state index is 0.0820. The maximum atomic E-state index is 12.3. The predicted octanol–water partition coefficient (Wildman–Crippen LogP) is 7.74.